The molecule has 0 atom stereocenters. The van der Waals surface area contributed by atoms with Crippen LogP contribution in [0.15, 0.2) is 16.3 Å². The van der Waals surface area contributed by atoms with Gasteiger partial charge >= 0.3 is 5.97 Å². The number of carbonyl (C=O) groups is 1. The summed E-state index contributed by atoms with van der Waals surface area (Å²) < 4.78 is 4.68. The van der Waals surface area contributed by atoms with Crippen molar-refractivity contribution in [1.82, 2.24) is 4.98 Å². The molecule has 0 bridgehead atoms. The van der Waals surface area contributed by atoms with Crippen molar-refractivity contribution >= 4 is 33.6 Å². The molecule has 0 aromatic carbocycles. The second kappa shape index (κ2) is 4.00. The molecular formula is C9H8N2O2S2. The van der Waals surface area contributed by atoms with Crippen LogP contribution in [0.1, 0.15) is 10.4 Å². The van der Waals surface area contributed by atoms with Crippen molar-refractivity contribution in [3.8, 4) is 11.3 Å². The zero-order chi connectivity index (χ0) is 10.8. The summed E-state index contributed by atoms with van der Waals surface area (Å²) >= 11 is 2.79. The minimum Gasteiger partial charge on any atom is -0.465 e. The van der Waals surface area contributed by atoms with Crippen LogP contribution < -0.4 is 5.73 Å². The van der Waals surface area contributed by atoms with Crippen LogP contribution in [0.2, 0.25) is 0 Å². The summed E-state index contributed by atoms with van der Waals surface area (Å²) in [4.78, 5) is 15.6. The van der Waals surface area contributed by atoms with Crippen molar-refractivity contribution < 1.29 is 9.53 Å². The number of nitrogens with zero attached hydrogens (tertiary/aromatic N) is 1. The van der Waals surface area contributed by atoms with E-state index in [2.05, 4.69) is 9.72 Å². The average molecular weight is 240 g/mol. The van der Waals surface area contributed by atoms with Crippen LogP contribution in [0.3, 0.4) is 0 Å². The summed E-state index contributed by atoms with van der Waals surface area (Å²) in [6.45, 7) is 0. The van der Waals surface area contributed by atoms with Gasteiger partial charge in [-0.05, 0) is 0 Å². The summed E-state index contributed by atoms with van der Waals surface area (Å²) in [6.07, 6.45) is 0. The van der Waals surface area contributed by atoms with Crippen LogP contribution >= 0.6 is 22.7 Å². The Morgan fingerprint density at radius 3 is 2.93 bits per heavy atom. The number of anilines is 1. The number of hydrogen-bond donors (Lipinski definition) is 1. The van der Waals surface area contributed by atoms with Gasteiger partial charge in [-0.2, -0.15) is 0 Å². The zero-order valence-electron chi connectivity index (χ0n) is 7.89. The SMILES string of the molecule is COC(=O)c1c(-c2cscn2)csc1N. The lowest BCUT2D eigenvalue weighted by atomic mass is 10.1. The molecule has 0 aliphatic heterocycles. The van der Waals surface area contributed by atoms with Gasteiger partial charge < -0.3 is 10.5 Å². The summed E-state index contributed by atoms with van der Waals surface area (Å²) in [7, 11) is 1.34. The van der Waals surface area contributed by atoms with Gasteiger partial charge in [-0.25, -0.2) is 9.78 Å². The highest BCUT2D eigenvalue weighted by Crippen LogP contribution is 2.33. The van der Waals surface area contributed by atoms with Crippen LogP contribution in [0, 0.1) is 0 Å². The minimum absolute atomic E-state index is 0.411. The molecule has 0 fully saturated rings. The van der Waals surface area contributed by atoms with Crippen LogP contribution in [0.25, 0.3) is 11.3 Å². The van der Waals surface area contributed by atoms with Crippen LogP contribution in [-0.4, -0.2) is 18.1 Å². The van der Waals surface area contributed by atoms with E-state index >= 15 is 0 Å². The van der Waals surface area contributed by atoms with E-state index < -0.39 is 5.97 Å². The number of nitrogens with two attached hydrogens (primary N) is 1. The molecule has 0 saturated heterocycles. The number of thiazole rings is 1. The number of methoxy groups -OCH3 is 1. The normalized spacial score (nSPS) is 10.2. The first kappa shape index (κ1) is 10.1. The first-order valence-electron chi connectivity index (χ1n) is 4.08. The average Bonchev–Trinajstić information content (AvgIpc) is 2.85. The number of thiophene rings is 1. The maximum absolute atomic E-state index is 11.5. The van der Waals surface area contributed by atoms with Gasteiger partial charge in [-0.15, -0.1) is 22.7 Å². The van der Waals surface area contributed by atoms with E-state index in [0.717, 1.165) is 11.3 Å². The Balaban J connectivity index is 2.54. The molecule has 2 rings (SSSR count). The van der Waals surface area contributed by atoms with E-state index in [1.165, 1.54) is 29.8 Å². The van der Waals surface area contributed by atoms with Gasteiger partial charge in [0.2, 0.25) is 0 Å². The fourth-order valence-corrected chi connectivity index (χ4v) is 2.57. The van der Waals surface area contributed by atoms with E-state index in [4.69, 9.17) is 5.73 Å². The first-order chi connectivity index (χ1) is 7.24. The quantitative estimate of drug-likeness (QED) is 0.817. The highest BCUT2D eigenvalue weighted by atomic mass is 32.1. The molecule has 6 heteroatoms. The molecule has 2 N–H and O–H groups in total. The molecule has 0 unspecified atom stereocenters. The molecule has 4 nitrogen and oxygen atoms in total. The predicted molar refractivity (Wildman–Crippen MR) is 61.2 cm³/mol. The molecule has 2 aromatic heterocycles. The number of ether oxygens (including phenoxy) is 1. The van der Waals surface area contributed by atoms with Crippen LogP contribution in [0.5, 0.6) is 0 Å². The van der Waals surface area contributed by atoms with Gasteiger partial charge in [-0.1, -0.05) is 0 Å². The van der Waals surface area contributed by atoms with Crippen molar-refractivity contribution in [1.29, 1.82) is 0 Å². The molecule has 15 heavy (non-hydrogen) atoms. The Hall–Kier alpha value is -1.40. The Labute approximate surface area is 94.3 Å². The molecular weight excluding hydrogens is 232 g/mol. The number of nitrogen functional groups attached to an aromatic ring is 1. The van der Waals surface area contributed by atoms with E-state index in [1.807, 2.05) is 10.8 Å². The zero-order valence-corrected chi connectivity index (χ0v) is 9.52. The third-order valence-electron chi connectivity index (χ3n) is 1.92. The van der Waals surface area contributed by atoms with Gasteiger partial charge in [0, 0.05) is 16.3 Å². The molecule has 0 aliphatic rings. The lowest BCUT2D eigenvalue weighted by molar-refractivity contribution is 0.0603. The Morgan fingerprint density at radius 1 is 1.53 bits per heavy atom. The summed E-state index contributed by atoms with van der Waals surface area (Å²) in [5, 5.41) is 4.15. The standard InChI is InChI=1S/C9H8N2O2S2/c1-13-9(12)7-5(2-15-8(7)10)6-3-14-4-11-6/h2-4H,10H2,1H3. The van der Waals surface area contributed by atoms with Crippen molar-refractivity contribution in [2.24, 2.45) is 0 Å². The molecule has 0 saturated carbocycles. The van der Waals surface area contributed by atoms with Gasteiger partial charge in [-0.3, -0.25) is 0 Å². The Bertz CT molecular complexity index is 476. The van der Waals surface area contributed by atoms with E-state index in [9.17, 15) is 4.79 Å². The van der Waals surface area contributed by atoms with E-state index in [1.54, 1.807) is 5.51 Å². The Morgan fingerprint density at radius 2 is 2.33 bits per heavy atom. The molecule has 2 heterocycles. The van der Waals surface area contributed by atoms with Crippen molar-refractivity contribution in [2.45, 2.75) is 0 Å². The van der Waals surface area contributed by atoms with Gasteiger partial charge in [0.25, 0.3) is 0 Å². The highest BCUT2D eigenvalue weighted by molar-refractivity contribution is 7.15. The smallest absolute Gasteiger partial charge is 0.341 e. The first-order valence-corrected chi connectivity index (χ1v) is 5.90. The lowest BCUT2D eigenvalue weighted by Gasteiger charge is -2.00. The van der Waals surface area contributed by atoms with Crippen molar-refractivity contribution in [2.75, 3.05) is 12.8 Å². The third kappa shape index (κ3) is 1.73. The lowest BCUT2D eigenvalue weighted by Crippen LogP contribution is -2.04. The van der Waals surface area contributed by atoms with Crippen LogP contribution in [-0.2, 0) is 4.74 Å². The highest BCUT2D eigenvalue weighted by Gasteiger charge is 2.19. The maximum Gasteiger partial charge on any atom is 0.341 e. The second-order valence-electron chi connectivity index (χ2n) is 2.75. The Kier molecular flexibility index (Phi) is 2.70. The van der Waals surface area contributed by atoms with Crippen molar-refractivity contribution in [3.63, 3.8) is 0 Å². The number of esters is 1. The molecule has 0 spiro atoms. The largest absolute Gasteiger partial charge is 0.465 e. The fraction of sp³-hybridized carbons (Fsp3) is 0.111. The number of carbonyl (C=O) groups excluding carboxylic acids is 1. The minimum atomic E-state index is -0.420. The molecule has 0 radical (unpaired) electrons. The van der Waals surface area contributed by atoms with Crippen LogP contribution in [0.4, 0.5) is 5.00 Å². The second-order valence-corrected chi connectivity index (χ2v) is 4.38. The maximum atomic E-state index is 11.5. The topological polar surface area (TPSA) is 65.2 Å². The third-order valence-corrected chi connectivity index (χ3v) is 3.32. The van der Waals surface area contributed by atoms with Crippen molar-refractivity contribution in [3.05, 3.63) is 21.8 Å². The number of hydrogen-bond acceptors (Lipinski definition) is 6. The number of rotatable bonds is 2. The number of aromatic nitrogens is 1. The van der Waals surface area contributed by atoms with Gasteiger partial charge in [0.1, 0.15) is 10.6 Å². The molecule has 2 aromatic rings. The van der Waals surface area contributed by atoms with Gasteiger partial charge in [0.15, 0.2) is 0 Å². The summed E-state index contributed by atoms with van der Waals surface area (Å²) in [5.41, 5.74) is 9.34. The molecule has 0 amide bonds. The summed E-state index contributed by atoms with van der Waals surface area (Å²) in [5.74, 6) is -0.420. The monoisotopic (exact) mass is 240 g/mol. The summed E-state index contributed by atoms with van der Waals surface area (Å²) in [6, 6.07) is 0. The van der Waals surface area contributed by atoms with E-state index in [0.29, 0.717) is 10.6 Å². The van der Waals surface area contributed by atoms with Gasteiger partial charge in [0.05, 0.1) is 18.3 Å². The molecule has 78 valence electrons. The predicted octanol–water partition coefficient (Wildman–Crippen LogP) is 2.24. The molecule has 0 aliphatic carbocycles. The van der Waals surface area contributed by atoms with E-state index in [-0.39, 0.29) is 0 Å². The fourth-order valence-electron chi connectivity index (χ4n) is 1.22.